The Hall–Kier alpha value is -1.73. The van der Waals surface area contributed by atoms with Crippen LogP contribution < -0.4 is 0 Å². The number of isocyanates is 1. The second-order valence-corrected chi connectivity index (χ2v) is 3.42. The molecule has 0 heterocycles. The number of fused-ring (bicyclic) bond motifs is 1. The second kappa shape index (κ2) is 3.56. The molecule has 1 aliphatic carbocycles. The maximum atomic E-state index is 11.3. The van der Waals surface area contributed by atoms with Gasteiger partial charge in [0.15, 0.2) is 0 Å². The summed E-state index contributed by atoms with van der Waals surface area (Å²) in [5.41, 5.74) is 2.37. The first-order chi connectivity index (χ1) is 6.81. The van der Waals surface area contributed by atoms with Gasteiger partial charge in [-0.05, 0) is 24.0 Å². The van der Waals surface area contributed by atoms with Gasteiger partial charge >= 0.3 is 0 Å². The minimum atomic E-state index is -0.351. The van der Waals surface area contributed by atoms with E-state index in [9.17, 15) is 9.59 Å². The average Bonchev–Trinajstić information content (AvgIpc) is 2.61. The number of carbonyl (C=O) groups excluding carboxylic acids is 2. The highest BCUT2D eigenvalue weighted by Crippen LogP contribution is 2.26. The van der Waals surface area contributed by atoms with Gasteiger partial charge in [0.25, 0.3) is 5.91 Å². The minimum Gasteiger partial charge on any atom is -0.271 e. The van der Waals surface area contributed by atoms with Gasteiger partial charge in [-0.2, -0.15) is 0 Å². The van der Waals surface area contributed by atoms with Crippen molar-refractivity contribution in [3.05, 3.63) is 35.4 Å². The van der Waals surface area contributed by atoms with Crippen LogP contribution in [0.15, 0.2) is 29.3 Å². The number of hydrogen-bond donors (Lipinski definition) is 0. The Balaban J connectivity index is 2.19. The van der Waals surface area contributed by atoms with Gasteiger partial charge in [0.05, 0.1) is 0 Å². The van der Waals surface area contributed by atoms with Crippen LogP contribution in [0.5, 0.6) is 0 Å². The fourth-order valence-electron chi connectivity index (χ4n) is 1.87. The van der Waals surface area contributed by atoms with Crippen molar-refractivity contribution < 1.29 is 9.59 Å². The number of nitrogens with zero attached hydrogens (tertiary/aromatic N) is 1. The molecule has 1 aromatic carbocycles. The molecule has 0 N–H and O–H groups in total. The molecule has 14 heavy (non-hydrogen) atoms. The highest BCUT2D eigenvalue weighted by molar-refractivity contribution is 5.84. The summed E-state index contributed by atoms with van der Waals surface area (Å²) in [6.07, 6.45) is 2.69. The highest BCUT2D eigenvalue weighted by atomic mass is 16.2. The molecule has 2 rings (SSSR count). The van der Waals surface area contributed by atoms with Crippen LogP contribution in [-0.4, -0.2) is 12.0 Å². The number of benzene rings is 1. The van der Waals surface area contributed by atoms with Crippen molar-refractivity contribution in [2.75, 3.05) is 0 Å². The normalized spacial score (nSPS) is 14.6. The van der Waals surface area contributed by atoms with E-state index in [1.807, 2.05) is 24.3 Å². The van der Waals surface area contributed by atoms with Gasteiger partial charge in [-0.1, -0.05) is 24.3 Å². The lowest BCUT2D eigenvalue weighted by molar-refractivity contribution is -0.121. The van der Waals surface area contributed by atoms with E-state index in [2.05, 4.69) is 4.99 Å². The first-order valence-electron chi connectivity index (χ1n) is 4.50. The van der Waals surface area contributed by atoms with Crippen LogP contribution in [0.2, 0.25) is 0 Å². The van der Waals surface area contributed by atoms with Crippen molar-refractivity contribution in [1.82, 2.24) is 0 Å². The van der Waals surface area contributed by atoms with Crippen molar-refractivity contribution in [3.63, 3.8) is 0 Å². The molecule has 3 heteroatoms. The van der Waals surface area contributed by atoms with Crippen LogP contribution in [-0.2, 0) is 22.4 Å². The van der Waals surface area contributed by atoms with Crippen LogP contribution in [0.1, 0.15) is 11.1 Å². The lowest BCUT2D eigenvalue weighted by Gasteiger charge is -1.99. The Morgan fingerprint density at radius 1 is 1.29 bits per heavy atom. The smallest absolute Gasteiger partial charge is 0.260 e. The van der Waals surface area contributed by atoms with E-state index in [0.717, 1.165) is 0 Å². The van der Waals surface area contributed by atoms with Crippen LogP contribution in [0.3, 0.4) is 0 Å². The molecule has 3 nitrogen and oxygen atoms in total. The summed E-state index contributed by atoms with van der Waals surface area (Å²) >= 11 is 0. The molecule has 0 aliphatic heterocycles. The molecular weight excluding hydrogens is 178 g/mol. The van der Waals surface area contributed by atoms with E-state index >= 15 is 0 Å². The highest BCUT2D eigenvalue weighted by Gasteiger charge is 2.26. The molecule has 1 aromatic rings. The van der Waals surface area contributed by atoms with Crippen LogP contribution >= 0.6 is 0 Å². The molecule has 0 unspecified atom stereocenters. The van der Waals surface area contributed by atoms with Crippen LogP contribution in [0.25, 0.3) is 0 Å². The van der Waals surface area contributed by atoms with Crippen molar-refractivity contribution in [3.8, 4) is 0 Å². The maximum Gasteiger partial charge on any atom is 0.260 e. The number of rotatable bonds is 1. The molecule has 0 radical (unpaired) electrons. The SMILES string of the molecule is O=C=NC(=O)C1Cc2ccccc2C1. The quantitative estimate of drug-likeness (QED) is 0.491. The Morgan fingerprint density at radius 2 is 1.86 bits per heavy atom. The fraction of sp³-hybridized carbons (Fsp3) is 0.273. The summed E-state index contributed by atoms with van der Waals surface area (Å²) in [5, 5.41) is 0. The lowest BCUT2D eigenvalue weighted by atomic mass is 10.1. The van der Waals surface area contributed by atoms with Crippen LogP contribution in [0, 0.1) is 5.92 Å². The van der Waals surface area contributed by atoms with Gasteiger partial charge in [0, 0.05) is 5.92 Å². The van der Waals surface area contributed by atoms with Crippen LogP contribution in [0.4, 0.5) is 0 Å². The third-order valence-corrected chi connectivity index (χ3v) is 2.56. The van der Waals surface area contributed by atoms with Crippen molar-refractivity contribution >= 4 is 12.0 Å². The first-order valence-corrected chi connectivity index (χ1v) is 4.50. The van der Waals surface area contributed by atoms with E-state index in [-0.39, 0.29) is 11.8 Å². The van der Waals surface area contributed by atoms with Gasteiger partial charge in [-0.15, -0.1) is 4.99 Å². The Morgan fingerprint density at radius 3 is 2.36 bits per heavy atom. The standard InChI is InChI=1S/C11H9NO2/c13-7-12-11(14)10-5-8-3-1-2-4-9(8)6-10/h1-4,10H,5-6H2. The molecule has 0 saturated carbocycles. The molecular formula is C11H9NO2. The number of carbonyl (C=O) groups is 1. The lowest BCUT2D eigenvalue weighted by Crippen LogP contribution is -2.11. The predicted octanol–water partition coefficient (Wildman–Crippen LogP) is 1.26. The molecule has 1 aliphatic rings. The second-order valence-electron chi connectivity index (χ2n) is 3.42. The van der Waals surface area contributed by atoms with Gasteiger partial charge in [-0.25, -0.2) is 4.79 Å². The van der Waals surface area contributed by atoms with Crippen molar-refractivity contribution in [2.45, 2.75) is 12.8 Å². The molecule has 0 bridgehead atoms. The zero-order chi connectivity index (χ0) is 9.97. The van der Waals surface area contributed by atoms with Gasteiger partial charge in [0.2, 0.25) is 6.08 Å². The van der Waals surface area contributed by atoms with Gasteiger partial charge < -0.3 is 0 Å². The van der Waals surface area contributed by atoms with E-state index in [1.165, 1.54) is 17.2 Å². The molecule has 0 atom stereocenters. The molecule has 1 amide bonds. The predicted molar refractivity (Wildman–Crippen MR) is 50.5 cm³/mol. The molecule has 0 aromatic heterocycles. The zero-order valence-electron chi connectivity index (χ0n) is 7.56. The van der Waals surface area contributed by atoms with Crippen molar-refractivity contribution in [2.24, 2.45) is 10.9 Å². The van der Waals surface area contributed by atoms with Gasteiger partial charge in [0.1, 0.15) is 0 Å². The summed E-state index contributed by atoms with van der Waals surface area (Å²) < 4.78 is 0. The molecule has 0 spiro atoms. The summed E-state index contributed by atoms with van der Waals surface area (Å²) in [7, 11) is 0. The largest absolute Gasteiger partial charge is 0.271 e. The number of amides is 1. The third kappa shape index (κ3) is 1.50. The molecule has 0 saturated heterocycles. The minimum absolute atomic E-state index is 0.158. The zero-order valence-corrected chi connectivity index (χ0v) is 7.56. The van der Waals surface area contributed by atoms with E-state index < -0.39 is 0 Å². The molecule has 70 valence electrons. The van der Waals surface area contributed by atoms with E-state index in [1.54, 1.807) is 0 Å². The van der Waals surface area contributed by atoms with Crippen molar-refractivity contribution in [1.29, 1.82) is 0 Å². The third-order valence-electron chi connectivity index (χ3n) is 2.56. The monoisotopic (exact) mass is 187 g/mol. The maximum absolute atomic E-state index is 11.3. The summed E-state index contributed by atoms with van der Waals surface area (Å²) in [6, 6.07) is 7.92. The average molecular weight is 187 g/mol. The Kier molecular flexibility index (Phi) is 2.25. The first kappa shape index (κ1) is 8.85. The summed E-state index contributed by atoms with van der Waals surface area (Å²) in [4.78, 5) is 24.4. The summed E-state index contributed by atoms with van der Waals surface area (Å²) in [6.45, 7) is 0. The fourth-order valence-corrected chi connectivity index (χ4v) is 1.87. The number of hydrogen-bond acceptors (Lipinski definition) is 2. The topological polar surface area (TPSA) is 46.5 Å². The Bertz CT molecular complexity index is 394. The number of aliphatic imine (C=N–C) groups is 1. The summed E-state index contributed by atoms with van der Waals surface area (Å²) in [5.74, 6) is -0.509. The van der Waals surface area contributed by atoms with E-state index in [0.29, 0.717) is 12.8 Å². The Labute approximate surface area is 81.5 Å². The van der Waals surface area contributed by atoms with E-state index in [4.69, 9.17) is 0 Å². The van der Waals surface area contributed by atoms with Gasteiger partial charge in [-0.3, -0.25) is 4.79 Å². The molecule has 0 fully saturated rings.